The SMILES string of the molecule is Cc1cc(CN(C)c2ncccc2N)no1. The van der Waals surface area contributed by atoms with Gasteiger partial charge in [0.05, 0.1) is 12.2 Å². The van der Waals surface area contributed by atoms with Crippen molar-refractivity contribution in [3.05, 3.63) is 35.9 Å². The van der Waals surface area contributed by atoms with Crippen LogP contribution in [0.5, 0.6) is 0 Å². The van der Waals surface area contributed by atoms with Gasteiger partial charge in [-0.15, -0.1) is 0 Å². The summed E-state index contributed by atoms with van der Waals surface area (Å²) in [5, 5.41) is 3.93. The third-order valence-electron chi connectivity index (χ3n) is 2.25. The molecule has 0 radical (unpaired) electrons. The number of hydrogen-bond acceptors (Lipinski definition) is 5. The van der Waals surface area contributed by atoms with E-state index in [1.54, 1.807) is 6.20 Å². The molecular formula is C11H14N4O. The highest BCUT2D eigenvalue weighted by Gasteiger charge is 2.09. The van der Waals surface area contributed by atoms with Crippen LogP contribution in [-0.4, -0.2) is 17.2 Å². The molecule has 0 aromatic carbocycles. The smallest absolute Gasteiger partial charge is 0.151 e. The lowest BCUT2D eigenvalue weighted by Crippen LogP contribution is -2.19. The van der Waals surface area contributed by atoms with Gasteiger partial charge >= 0.3 is 0 Å². The average Bonchev–Trinajstić information content (AvgIpc) is 2.64. The maximum atomic E-state index is 5.83. The van der Waals surface area contributed by atoms with E-state index in [1.807, 2.05) is 37.1 Å². The predicted molar refractivity (Wildman–Crippen MR) is 62.0 cm³/mol. The summed E-state index contributed by atoms with van der Waals surface area (Å²) in [5.74, 6) is 1.56. The Kier molecular flexibility index (Phi) is 2.76. The van der Waals surface area contributed by atoms with Gasteiger partial charge in [0.1, 0.15) is 11.5 Å². The number of aromatic nitrogens is 2. The van der Waals surface area contributed by atoms with Gasteiger partial charge in [-0.25, -0.2) is 4.98 Å². The summed E-state index contributed by atoms with van der Waals surface area (Å²) in [4.78, 5) is 6.16. The third-order valence-corrected chi connectivity index (χ3v) is 2.25. The van der Waals surface area contributed by atoms with Crippen molar-refractivity contribution in [3.63, 3.8) is 0 Å². The van der Waals surface area contributed by atoms with Crippen molar-refractivity contribution >= 4 is 11.5 Å². The van der Waals surface area contributed by atoms with Crippen molar-refractivity contribution in [1.82, 2.24) is 10.1 Å². The molecule has 0 fully saturated rings. The van der Waals surface area contributed by atoms with E-state index in [1.165, 1.54) is 0 Å². The number of anilines is 2. The predicted octanol–water partition coefficient (Wildman–Crippen LogP) is 1.60. The summed E-state index contributed by atoms with van der Waals surface area (Å²) < 4.78 is 5.00. The van der Waals surface area contributed by atoms with Gasteiger partial charge in [0, 0.05) is 19.3 Å². The number of rotatable bonds is 3. The first kappa shape index (κ1) is 10.5. The van der Waals surface area contributed by atoms with Crippen LogP contribution in [0, 0.1) is 6.92 Å². The summed E-state index contributed by atoms with van der Waals surface area (Å²) in [7, 11) is 1.92. The molecule has 0 aliphatic heterocycles. The minimum Gasteiger partial charge on any atom is -0.396 e. The molecule has 5 heteroatoms. The highest BCUT2D eigenvalue weighted by molar-refractivity contribution is 5.61. The van der Waals surface area contributed by atoms with Crippen molar-refractivity contribution in [2.24, 2.45) is 0 Å². The highest BCUT2D eigenvalue weighted by atomic mass is 16.5. The molecule has 0 saturated heterocycles. The van der Waals surface area contributed by atoms with Crippen molar-refractivity contribution in [2.45, 2.75) is 13.5 Å². The van der Waals surface area contributed by atoms with Crippen molar-refractivity contribution in [1.29, 1.82) is 0 Å². The number of nitrogen functional groups attached to an aromatic ring is 1. The van der Waals surface area contributed by atoms with Crippen molar-refractivity contribution in [2.75, 3.05) is 17.7 Å². The Morgan fingerprint density at radius 2 is 2.31 bits per heavy atom. The zero-order chi connectivity index (χ0) is 11.5. The monoisotopic (exact) mass is 218 g/mol. The Hall–Kier alpha value is -2.04. The van der Waals surface area contributed by atoms with Crippen LogP contribution in [0.15, 0.2) is 28.9 Å². The van der Waals surface area contributed by atoms with E-state index >= 15 is 0 Å². The molecule has 2 rings (SSSR count). The van der Waals surface area contributed by atoms with Gasteiger partial charge in [0.25, 0.3) is 0 Å². The van der Waals surface area contributed by atoms with Gasteiger partial charge in [-0.2, -0.15) is 0 Å². The first-order valence-corrected chi connectivity index (χ1v) is 5.00. The lowest BCUT2D eigenvalue weighted by Gasteiger charge is -2.17. The maximum absolute atomic E-state index is 5.83. The minimum absolute atomic E-state index is 0.624. The molecule has 0 atom stereocenters. The Morgan fingerprint density at radius 1 is 1.50 bits per heavy atom. The van der Waals surface area contributed by atoms with Crippen molar-refractivity contribution in [3.8, 4) is 0 Å². The van der Waals surface area contributed by atoms with Gasteiger partial charge < -0.3 is 15.2 Å². The molecule has 0 amide bonds. The Labute approximate surface area is 93.9 Å². The van der Waals surface area contributed by atoms with Gasteiger partial charge in [-0.1, -0.05) is 5.16 Å². The summed E-state index contributed by atoms with van der Waals surface area (Å²) in [6.07, 6.45) is 1.72. The highest BCUT2D eigenvalue weighted by Crippen LogP contribution is 2.19. The molecule has 0 aliphatic carbocycles. The van der Waals surface area contributed by atoms with Gasteiger partial charge in [0.15, 0.2) is 5.82 Å². The zero-order valence-corrected chi connectivity index (χ0v) is 9.34. The fourth-order valence-electron chi connectivity index (χ4n) is 1.54. The second kappa shape index (κ2) is 4.22. The molecule has 2 N–H and O–H groups in total. The third kappa shape index (κ3) is 2.13. The number of nitrogens with zero attached hydrogens (tertiary/aromatic N) is 3. The van der Waals surface area contributed by atoms with E-state index in [0.29, 0.717) is 12.2 Å². The first-order chi connectivity index (χ1) is 7.66. The lowest BCUT2D eigenvalue weighted by molar-refractivity contribution is 0.390. The van der Waals surface area contributed by atoms with Gasteiger partial charge in [-0.05, 0) is 19.1 Å². The summed E-state index contributed by atoms with van der Waals surface area (Å²) >= 11 is 0. The molecule has 0 aliphatic rings. The van der Waals surface area contributed by atoms with Crippen LogP contribution in [0.25, 0.3) is 0 Å². The molecule has 16 heavy (non-hydrogen) atoms. The van der Waals surface area contributed by atoms with E-state index in [-0.39, 0.29) is 0 Å². The molecular weight excluding hydrogens is 204 g/mol. The Balaban J connectivity index is 2.14. The molecule has 2 heterocycles. The average molecular weight is 218 g/mol. The molecule has 2 aromatic rings. The molecule has 0 saturated carbocycles. The van der Waals surface area contributed by atoms with Crippen LogP contribution in [0.3, 0.4) is 0 Å². The van der Waals surface area contributed by atoms with E-state index in [2.05, 4.69) is 10.1 Å². The molecule has 0 unspecified atom stereocenters. The summed E-state index contributed by atoms with van der Waals surface area (Å²) in [5.41, 5.74) is 7.36. The molecule has 0 spiro atoms. The maximum Gasteiger partial charge on any atom is 0.151 e. The van der Waals surface area contributed by atoms with Crippen LogP contribution in [-0.2, 0) is 6.54 Å². The second-order valence-corrected chi connectivity index (χ2v) is 3.70. The van der Waals surface area contributed by atoms with Crippen molar-refractivity contribution < 1.29 is 4.52 Å². The molecule has 0 bridgehead atoms. The van der Waals surface area contributed by atoms with E-state index in [9.17, 15) is 0 Å². The summed E-state index contributed by atoms with van der Waals surface area (Å²) in [6, 6.07) is 5.54. The van der Waals surface area contributed by atoms with Crippen LogP contribution < -0.4 is 10.6 Å². The number of nitrogens with two attached hydrogens (primary N) is 1. The topological polar surface area (TPSA) is 68.2 Å². The zero-order valence-electron chi connectivity index (χ0n) is 9.34. The van der Waals surface area contributed by atoms with E-state index < -0.39 is 0 Å². The van der Waals surface area contributed by atoms with E-state index in [4.69, 9.17) is 10.3 Å². The lowest BCUT2D eigenvalue weighted by atomic mass is 10.3. The van der Waals surface area contributed by atoms with Crippen LogP contribution >= 0.6 is 0 Å². The van der Waals surface area contributed by atoms with E-state index in [0.717, 1.165) is 17.3 Å². The molecule has 84 valence electrons. The first-order valence-electron chi connectivity index (χ1n) is 5.00. The standard InChI is InChI=1S/C11H14N4O/c1-8-6-9(14-16-8)7-15(2)11-10(12)4-3-5-13-11/h3-6H,7,12H2,1-2H3. The normalized spacial score (nSPS) is 10.4. The number of aryl methyl sites for hydroxylation is 1. The fourth-order valence-corrected chi connectivity index (χ4v) is 1.54. The Bertz CT molecular complexity index is 480. The van der Waals surface area contributed by atoms with Gasteiger partial charge in [-0.3, -0.25) is 0 Å². The fraction of sp³-hybridized carbons (Fsp3) is 0.273. The molecule has 5 nitrogen and oxygen atoms in total. The van der Waals surface area contributed by atoms with Crippen LogP contribution in [0.4, 0.5) is 11.5 Å². The summed E-state index contributed by atoms with van der Waals surface area (Å²) in [6.45, 7) is 2.49. The quantitative estimate of drug-likeness (QED) is 0.847. The van der Waals surface area contributed by atoms with Crippen LogP contribution in [0.1, 0.15) is 11.5 Å². The number of pyridine rings is 1. The van der Waals surface area contributed by atoms with Crippen LogP contribution in [0.2, 0.25) is 0 Å². The minimum atomic E-state index is 0.624. The molecule has 2 aromatic heterocycles. The second-order valence-electron chi connectivity index (χ2n) is 3.70. The Morgan fingerprint density at radius 3 is 2.94 bits per heavy atom. The number of hydrogen-bond donors (Lipinski definition) is 1. The largest absolute Gasteiger partial charge is 0.396 e. The van der Waals surface area contributed by atoms with Gasteiger partial charge in [0.2, 0.25) is 0 Å².